The lowest BCUT2D eigenvalue weighted by Gasteiger charge is -1.90. The number of aldehydes is 1. The first-order valence-electron chi connectivity index (χ1n) is 2.17. The molecular weight excluding hydrogens is 110 g/mol. The second kappa shape index (κ2) is 5.98. The van der Waals surface area contributed by atoms with Crippen molar-refractivity contribution in [3.05, 3.63) is 0 Å². The molecule has 0 heterocycles. The van der Waals surface area contributed by atoms with Gasteiger partial charge in [0.25, 0.3) is 0 Å². The number of hydrogen-bond donors (Lipinski definition) is 2. The van der Waals surface area contributed by atoms with Gasteiger partial charge in [-0.25, -0.2) is 0 Å². The lowest BCUT2D eigenvalue weighted by atomic mass is 10.6. The third-order valence-corrected chi connectivity index (χ3v) is 0.740. The molecule has 0 aliphatic carbocycles. The molecule has 0 atom stereocenters. The molecule has 0 spiro atoms. The first kappa shape index (κ1) is 6.98. The van der Waals surface area contributed by atoms with E-state index in [0.717, 1.165) is 18.6 Å². The van der Waals surface area contributed by atoms with Gasteiger partial charge in [0.2, 0.25) is 0 Å². The predicted molar refractivity (Wildman–Crippen MR) is 32.8 cm³/mol. The minimum absolute atomic E-state index is 0.445. The molecule has 0 bridgehead atoms. The van der Waals surface area contributed by atoms with Gasteiger partial charge in [-0.15, -0.1) is 0 Å². The fraction of sp³-hybridized carbons (Fsp3) is 0.750. The van der Waals surface area contributed by atoms with Crippen LogP contribution in [0.3, 0.4) is 0 Å². The average molecular weight is 119 g/mol. The number of thiol groups is 1. The van der Waals surface area contributed by atoms with Crippen molar-refractivity contribution in [2.45, 2.75) is 0 Å². The molecule has 0 rings (SSSR count). The topological polar surface area (TPSA) is 29.1 Å². The molecule has 0 unspecified atom stereocenters. The fourth-order valence-corrected chi connectivity index (χ4v) is 0.398. The average Bonchev–Trinajstić information content (AvgIpc) is 1.69. The Kier molecular flexibility index (Phi) is 5.96. The van der Waals surface area contributed by atoms with Gasteiger partial charge in [0.15, 0.2) is 0 Å². The van der Waals surface area contributed by atoms with Crippen LogP contribution in [-0.4, -0.2) is 25.1 Å². The molecule has 3 heteroatoms. The highest BCUT2D eigenvalue weighted by molar-refractivity contribution is 7.80. The van der Waals surface area contributed by atoms with Crippen LogP contribution in [0.5, 0.6) is 0 Å². The van der Waals surface area contributed by atoms with Gasteiger partial charge in [-0.2, -0.15) is 12.6 Å². The second-order valence-corrected chi connectivity index (χ2v) is 1.54. The maximum absolute atomic E-state index is 9.59. The summed E-state index contributed by atoms with van der Waals surface area (Å²) in [6, 6.07) is 0. The molecule has 0 saturated heterocycles. The zero-order valence-electron chi connectivity index (χ0n) is 4.05. The summed E-state index contributed by atoms with van der Waals surface area (Å²) >= 11 is 3.92. The number of hydrogen-bond acceptors (Lipinski definition) is 3. The van der Waals surface area contributed by atoms with Crippen LogP contribution in [0.15, 0.2) is 0 Å². The molecule has 0 aliphatic rings. The van der Waals surface area contributed by atoms with E-state index >= 15 is 0 Å². The lowest BCUT2D eigenvalue weighted by molar-refractivity contribution is -0.107. The van der Waals surface area contributed by atoms with Crippen LogP contribution >= 0.6 is 12.6 Å². The molecule has 2 nitrogen and oxygen atoms in total. The van der Waals surface area contributed by atoms with Gasteiger partial charge in [0.1, 0.15) is 6.29 Å². The van der Waals surface area contributed by atoms with E-state index in [4.69, 9.17) is 0 Å². The predicted octanol–water partition coefficient (Wildman–Crippen LogP) is -0.295. The summed E-state index contributed by atoms with van der Waals surface area (Å²) in [5.41, 5.74) is 0. The van der Waals surface area contributed by atoms with Crippen molar-refractivity contribution in [3.63, 3.8) is 0 Å². The summed E-state index contributed by atoms with van der Waals surface area (Å²) < 4.78 is 0. The van der Waals surface area contributed by atoms with E-state index in [0.29, 0.717) is 6.54 Å². The van der Waals surface area contributed by atoms with Crippen LogP contribution in [0.1, 0.15) is 0 Å². The van der Waals surface area contributed by atoms with E-state index in [-0.39, 0.29) is 0 Å². The summed E-state index contributed by atoms with van der Waals surface area (Å²) in [6.45, 7) is 1.25. The Morgan fingerprint density at radius 1 is 1.71 bits per heavy atom. The van der Waals surface area contributed by atoms with Crippen molar-refractivity contribution in [2.75, 3.05) is 18.8 Å². The Balaban J connectivity index is 2.56. The molecule has 0 fully saturated rings. The number of carbonyl (C=O) groups is 1. The molecule has 0 aromatic rings. The minimum Gasteiger partial charge on any atom is -0.309 e. The molecule has 7 heavy (non-hydrogen) atoms. The van der Waals surface area contributed by atoms with Gasteiger partial charge in [-0.05, 0) is 0 Å². The van der Waals surface area contributed by atoms with Crippen LogP contribution < -0.4 is 5.32 Å². The summed E-state index contributed by atoms with van der Waals surface area (Å²) in [7, 11) is 0. The Morgan fingerprint density at radius 3 is 2.86 bits per heavy atom. The van der Waals surface area contributed by atoms with Crippen LogP contribution in [0.25, 0.3) is 0 Å². The summed E-state index contributed by atoms with van der Waals surface area (Å²) in [5.74, 6) is 0.786. The van der Waals surface area contributed by atoms with Crippen molar-refractivity contribution >= 4 is 18.9 Å². The maximum Gasteiger partial charge on any atom is 0.133 e. The lowest BCUT2D eigenvalue weighted by Crippen LogP contribution is -2.18. The van der Waals surface area contributed by atoms with E-state index in [9.17, 15) is 4.79 Å². The third kappa shape index (κ3) is 5.98. The van der Waals surface area contributed by atoms with Crippen molar-refractivity contribution in [1.29, 1.82) is 0 Å². The molecule has 0 aromatic carbocycles. The van der Waals surface area contributed by atoms with Crippen molar-refractivity contribution < 1.29 is 4.79 Å². The fourth-order valence-electron chi connectivity index (χ4n) is 0.240. The van der Waals surface area contributed by atoms with Crippen LogP contribution in [0, 0.1) is 0 Å². The Bertz CT molecular complexity index is 49.0. The number of carbonyl (C=O) groups excluding carboxylic acids is 1. The standard InChI is InChI=1S/C4H9NOS/c6-3-1-5-2-4-7/h3,5,7H,1-2,4H2. The van der Waals surface area contributed by atoms with Gasteiger partial charge in [0, 0.05) is 12.3 Å². The van der Waals surface area contributed by atoms with E-state index < -0.39 is 0 Å². The zero-order chi connectivity index (χ0) is 5.54. The molecule has 0 saturated carbocycles. The zero-order valence-corrected chi connectivity index (χ0v) is 4.95. The minimum atomic E-state index is 0.445. The van der Waals surface area contributed by atoms with Gasteiger partial charge in [0.05, 0.1) is 6.54 Å². The van der Waals surface area contributed by atoms with Crippen molar-refractivity contribution in [2.24, 2.45) is 0 Å². The van der Waals surface area contributed by atoms with E-state index in [2.05, 4.69) is 17.9 Å². The van der Waals surface area contributed by atoms with Gasteiger partial charge >= 0.3 is 0 Å². The smallest absolute Gasteiger partial charge is 0.133 e. The molecule has 0 aliphatic heterocycles. The first-order valence-corrected chi connectivity index (χ1v) is 2.80. The van der Waals surface area contributed by atoms with Gasteiger partial charge in [-0.3, -0.25) is 0 Å². The quantitative estimate of drug-likeness (QED) is 0.302. The van der Waals surface area contributed by atoms with Crippen molar-refractivity contribution in [1.82, 2.24) is 5.32 Å². The summed E-state index contributed by atoms with van der Waals surface area (Å²) in [6.07, 6.45) is 0.837. The monoisotopic (exact) mass is 119 g/mol. The Morgan fingerprint density at radius 2 is 2.43 bits per heavy atom. The highest BCUT2D eigenvalue weighted by Gasteiger charge is 1.76. The Hall–Kier alpha value is -0.0200. The van der Waals surface area contributed by atoms with Crippen LogP contribution in [0.2, 0.25) is 0 Å². The first-order chi connectivity index (χ1) is 3.41. The largest absolute Gasteiger partial charge is 0.309 e. The normalized spacial score (nSPS) is 8.71. The summed E-state index contributed by atoms with van der Waals surface area (Å²) in [4.78, 5) is 9.59. The molecule has 0 radical (unpaired) electrons. The highest BCUT2D eigenvalue weighted by atomic mass is 32.1. The van der Waals surface area contributed by atoms with E-state index in [1.54, 1.807) is 0 Å². The SMILES string of the molecule is O=CCNCCS. The number of nitrogens with one attached hydrogen (secondary N) is 1. The van der Waals surface area contributed by atoms with Gasteiger partial charge < -0.3 is 10.1 Å². The van der Waals surface area contributed by atoms with E-state index in [1.165, 1.54) is 0 Å². The molecule has 1 N–H and O–H groups in total. The Labute approximate surface area is 48.7 Å². The van der Waals surface area contributed by atoms with Crippen molar-refractivity contribution in [3.8, 4) is 0 Å². The molecule has 0 aromatic heterocycles. The van der Waals surface area contributed by atoms with Crippen LogP contribution in [-0.2, 0) is 4.79 Å². The second-order valence-electron chi connectivity index (χ2n) is 1.09. The van der Waals surface area contributed by atoms with Gasteiger partial charge in [-0.1, -0.05) is 0 Å². The molecule has 42 valence electrons. The number of rotatable bonds is 4. The maximum atomic E-state index is 9.59. The highest BCUT2D eigenvalue weighted by Crippen LogP contribution is 1.64. The summed E-state index contributed by atoms with van der Waals surface area (Å²) in [5, 5.41) is 2.84. The molecular formula is C4H9NOS. The van der Waals surface area contributed by atoms with E-state index in [1.807, 2.05) is 0 Å². The molecule has 0 amide bonds. The van der Waals surface area contributed by atoms with Crippen LogP contribution in [0.4, 0.5) is 0 Å². The third-order valence-electron chi connectivity index (χ3n) is 0.516.